The van der Waals surface area contributed by atoms with Gasteiger partial charge in [-0.15, -0.1) is 0 Å². The van der Waals surface area contributed by atoms with Gasteiger partial charge in [-0.1, -0.05) is 56.5 Å². The number of carbonyl (C=O) groups excluding carboxylic acids is 1. The first kappa shape index (κ1) is 23.0. The van der Waals surface area contributed by atoms with Crippen LogP contribution in [0.4, 0.5) is 11.8 Å². The molecule has 1 N–H and O–H groups in total. The van der Waals surface area contributed by atoms with Gasteiger partial charge in [-0.25, -0.2) is 4.98 Å². The van der Waals surface area contributed by atoms with Gasteiger partial charge >= 0.3 is 0 Å². The lowest BCUT2D eigenvalue weighted by atomic mass is 10.1. The first-order valence-corrected chi connectivity index (χ1v) is 11.4. The van der Waals surface area contributed by atoms with E-state index in [9.17, 15) is 4.79 Å². The van der Waals surface area contributed by atoms with Crippen LogP contribution >= 0.6 is 0 Å². The van der Waals surface area contributed by atoms with Gasteiger partial charge in [0.25, 0.3) is 5.91 Å². The van der Waals surface area contributed by atoms with Crippen LogP contribution in [0.1, 0.15) is 48.7 Å². The highest BCUT2D eigenvalue weighted by atomic mass is 16.5. The van der Waals surface area contributed by atoms with Crippen molar-refractivity contribution in [1.29, 1.82) is 0 Å². The number of benzene rings is 1. The fourth-order valence-corrected chi connectivity index (χ4v) is 3.55. The molecule has 3 rings (SSSR count). The number of hydrogen-bond acceptors (Lipinski definition) is 6. The number of ether oxygens (including phenoxy) is 1. The SMILES string of the molecule is CCCCCCNC(=O)c1cc(N2CCOCC2)nc(N(C)CCc2ccccc2)n1. The Labute approximate surface area is 185 Å². The summed E-state index contributed by atoms with van der Waals surface area (Å²) in [5.74, 6) is 1.23. The van der Waals surface area contributed by atoms with E-state index in [0.29, 0.717) is 31.4 Å². The van der Waals surface area contributed by atoms with Gasteiger partial charge in [-0.2, -0.15) is 4.98 Å². The van der Waals surface area contributed by atoms with E-state index in [1.807, 2.05) is 30.1 Å². The van der Waals surface area contributed by atoms with Crippen LogP contribution in [0.15, 0.2) is 36.4 Å². The van der Waals surface area contributed by atoms with Gasteiger partial charge in [0.1, 0.15) is 11.5 Å². The van der Waals surface area contributed by atoms with Crippen molar-refractivity contribution >= 4 is 17.7 Å². The molecule has 1 aromatic carbocycles. The number of anilines is 2. The minimum atomic E-state index is -0.133. The molecule has 2 heterocycles. The Hall–Kier alpha value is -2.67. The Morgan fingerprint density at radius 2 is 1.90 bits per heavy atom. The number of likely N-dealkylation sites (N-methyl/N-ethyl adjacent to an activating group) is 1. The molecular formula is C24H35N5O2. The third-order valence-electron chi connectivity index (χ3n) is 5.50. The van der Waals surface area contributed by atoms with E-state index in [-0.39, 0.29) is 5.91 Å². The van der Waals surface area contributed by atoms with Crippen molar-refractivity contribution in [3.05, 3.63) is 47.7 Å². The minimum Gasteiger partial charge on any atom is -0.378 e. The smallest absolute Gasteiger partial charge is 0.270 e. The summed E-state index contributed by atoms with van der Waals surface area (Å²) in [5, 5.41) is 3.02. The number of unbranched alkanes of at least 4 members (excludes halogenated alkanes) is 3. The van der Waals surface area contributed by atoms with Gasteiger partial charge < -0.3 is 19.9 Å². The van der Waals surface area contributed by atoms with E-state index in [1.54, 1.807) is 6.07 Å². The Kier molecular flexibility index (Phi) is 9.09. The molecular weight excluding hydrogens is 390 g/mol. The van der Waals surface area contributed by atoms with Crippen LogP contribution in [0.25, 0.3) is 0 Å². The number of aromatic nitrogens is 2. The molecule has 7 nitrogen and oxygen atoms in total. The molecule has 0 unspecified atom stereocenters. The van der Waals surface area contributed by atoms with E-state index in [1.165, 1.54) is 18.4 Å². The molecule has 1 aliphatic rings. The average Bonchev–Trinajstić information content (AvgIpc) is 2.83. The van der Waals surface area contributed by atoms with E-state index >= 15 is 0 Å². The van der Waals surface area contributed by atoms with Crippen molar-refractivity contribution in [3.8, 4) is 0 Å². The summed E-state index contributed by atoms with van der Waals surface area (Å²) in [7, 11) is 1.98. The zero-order chi connectivity index (χ0) is 21.9. The average molecular weight is 426 g/mol. The highest BCUT2D eigenvalue weighted by molar-refractivity contribution is 5.93. The second kappa shape index (κ2) is 12.2. The molecule has 1 aromatic heterocycles. The van der Waals surface area contributed by atoms with Crippen LogP contribution in [0.3, 0.4) is 0 Å². The molecule has 168 valence electrons. The predicted molar refractivity (Wildman–Crippen MR) is 125 cm³/mol. The quantitative estimate of drug-likeness (QED) is 0.557. The number of morpholine rings is 1. The van der Waals surface area contributed by atoms with Gasteiger partial charge in [-0.3, -0.25) is 4.79 Å². The normalized spacial score (nSPS) is 13.8. The molecule has 2 aromatic rings. The lowest BCUT2D eigenvalue weighted by Crippen LogP contribution is -2.37. The lowest BCUT2D eigenvalue weighted by Gasteiger charge is -2.29. The fraction of sp³-hybridized carbons (Fsp3) is 0.542. The number of rotatable bonds is 11. The molecule has 1 aliphatic heterocycles. The molecule has 0 bridgehead atoms. The van der Waals surface area contributed by atoms with Crippen molar-refractivity contribution < 1.29 is 9.53 Å². The van der Waals surface area contributed by atoms with Crippen molar-refractivity contribution in [2.45, 2.75) is 39.0 Å². The number of hydrogen-bond donors (Lipinski definition) is 1. The molecule has 1 fully saturated rings. The van der Waals surface area contributed by atoms with Crippen LogP contribution in [0.5, 0.6) is 0 Å². The minimum absolute atomic E-state index is 0.133. The second-order valence-corrected chi connectivity index (χ2v) is 7.98. The van der Waals surface area contributed by atoms with Gasteiger partial charge in [-0.05, 0) is 18.4 Å². The van der Waals surface area contributed by atoms with Crippen LogP contribution < -0.4 is 15.1 Å². The summed E-state index contributed by atoms with van der Waals surface area (Å²) in [6.45, 7) is 6.50. The van der Waals surface area contributed by atoms with Crippen molar-refractivity contribution in [2.75, 3.05) is 56.2 Å². The van der Waals surface area contributed by atoms with Gasteiger partial charge in [0.2, 0.25) is 5.95 Å². The summed E-state index contributed by atoms with van der Waals surface area (Å²) in [4.78, 5) is 26.4. The standard InChI is InChI=1S/C24H35N5O2/c1-3-4-5-9-13-25-23(30)21-19-22(29-15-17-31-18-16-29)27-24(26-21)28(2)14-12-20-10-7-6-8-11-20/h6-8,10-11,19H,3-5,9,12-18H2,1-2H3,(H,25,30). The number of carbonyl (C=O) groups is 1. The van der Waals surface area contributed by atoms with Crippen LogP contribution in [-0.2, 0) is 11.2 Å². The Balaban J connectivity index is 1.71. The summed E-state index contributed by atoms with van der Waals surface area (Å²) in [6, 6.07) is 12.2. The molecule has 0 atom stereocenters. The third kappa shape index (κ3) is 7.21. The maximum atomic E-state index is 12.8. The molecule has 1 saturated heterocycles. The second-order valence-electron chi connectivity index (χ2n) is 7.98. The first-order chi connectivity index (χ1) is 15.2. The molecule has 0 spiro atoms. The lowest BCUT2D eigenvalue weighted by molar-refractivity contribution is 0.0948. The number of nitrogens with zero attached hydrogens (tertiary/aromatic N) is 4. The zero-order valence-corrected chi connectivity index (χ0v) is 18.8. The molecule has 0 saturated carbocycles. The van der Waals surface area contributed by atoms with Crippen molar-refractivity contribution in [1.82, 2.24) is 15.3 Å². The van der Waals surface area contributed by atoms with Gasteiger partial charge in [0, 0.05) is 39.3 Å². The summed E-state index contributed by atoms with van der Waals surface area (Å²) in [5.41, 5.74) is 1.69. The van der Waals surface area contributed by atoms with Crippen molar-refractivity contribution in [3.63, 3.8) is 0 Å². The fourth-order valence-electron chi connectivity index (χ4n) is 3.55. The third-order valence-corrected chi connectivity index (χ3v) is 5.50. The predicted octanol–water partition coefficient (Wildman–Crippen LogP) is 3.30. The van der Waals surface area contributed by atoms with Crippen molar-refractivity contribution in [2.24, 2.45) is 0 Å². The van der Waals surface area contributed by atoms with Crippen LogP contribution in [0.2, 0.25) is 0 Å². The Morgan fingerprint density at radius 1 is 1.13 bits per heavy atom. The topological polar surface area (TPSA) is 70.6 Å². The summed E-state index contributed by atoms with van der Waals surface area (Å²) < 4.78 is 5.47. The maximum absolute atomic E-state index is 12.8. The number of amides is 1. The highest BCUT2D eigenvalue weighted by Gasteiger charge is 2.19. The number of nitrogens with one attached hydrogen (secondary N) is 1. The molecule has 31 heavy (non-hydrogen) atoms. The highest BCUT2D eigenvalue weighted by Crippen LogP contribution is 2.19. The largest absolute Gasteiger partial charge is 0.378 e. The van der Waals surface area contributed by atoms with Gasteiger partial charge in [0.05, 0.1) is 13.2 Å². The summed E-state index contributed by atoms with van der Waals surface area (Å²) >= 11 is 0. The zero-order valence-electron chi connectivity index (χ0n) is 18.8. The molecule has 0 radical (unpaired) electrons. The van der Waals surface area contributed by atoms with Crippen LogP contribution in [-0.4, -0.2) is 62.3 Å². The van der Waals surface area contributed by atoms with E-state index < -0.39 is 0 Å². The van der Waals surface area contributed by atoms with E-state index in [4.69, 9.17) is 9.72 Å². The van der Waals surface area contributed by atoms with E-state index in [0.717, 1.165) is 44.7 Å². The monoisotopic (exact) mass is 425 g/mol. The van der Waals surface area contributed by atoms with Crippen LogP contribution in [0, 0.1) is 0 Å². The Bertz CT molecular complexity index is 809. The first-order valence-electron chi connectivity index (χ1n) is 11.4. The van der Waals surface area contributed by atoms with E-state index in [2.05, 4.69) is 34.3 Å². The summed E-state index contributed by atoms with van der Waals surface area (Å²) in [6.07, 6.45) is 5.39. The Morgan fingerprint density at radius 3 is 2.65 bits per heavy atom. The molecule has 7 heteroatoms. The van der Waals surface area contributed by atoms with Gasteiger partial charge in [0.15, 0.2) is 0 Å². The maximum Gasteiger partial charge on any atom is 0.270 e. The molecule has 1 amide bonds. The molecule has 0 aliphatic carbocycles.